The molecule has 45 heavy (non-hydrogen) atoms. The average Bonchev–Trinajstić information content (AvgIpc) is 3.46. The summed E-state index contributed by atoms with van der Waals surface area (Å²) in [6, 6.07) is 15.0. The number of ether oxygens (including phenoxy) is 3. The van der Waals surface area contributed by atoms with Crippen LogP contribution in [0, 0.1) is 0 Å². The van der Waals surface area contributed by atoms with Crippen LogP contribution in [0.3, 0.4) is 0 Å². The van der Waals surface area contributed by atoms with Crippen molar-refractivity contribution in [2.75, 3.05) is 25.0 Å². The van der Waals surface area contributed by atoms with Crippen LogP contribution in [-0.2, 0) is 35.2 Å². The Kier molecular flexibility index (Phi) is 12.5. The molecular weight excluding hydrogens is 574 g/mol. The number of hydrogen-bond donors (Lipinski definition) is 3. The third-order valence-corrected chi connectivity index (χ3v) is 7.99. The molecule has 2 fully saturated rings. The number of aliphatic hydroxyl groups is 1. The maximum atomic E-state index is 13.0. The lowest BCUT2D eigenvalue weighted by atomic mass is 9.99. The Morgan fingerprint density at radius 3 is 2.51 bits per heavy atom. The highest BCUT2D eigenvalue weighted by Crippen LogP contribution is 2.39. The number of amides is 2. The molecule has 10 heteroatoms. The van der Waals surface area contributed by atoms with Crippen LogP contribution in [0.4, 0.5) is 5.69 Å². The lowest BCUT2D eigenvalue weighted by Gasteiger charge is -2.38. The summed E-state index contributed by atoms with van der Waals surface area (Å²) >= 11 is 0. The van der Waals surface area contributed by atoms with Crippen molar-refractivity contribution >= 4 is 23.5 Å². The van der Waals surface area contributed by atoms with Crippen molar-refractivity contribution in [1.29, 1.82) is 0 Å². The van der Waals surface area contributed by atoms with E-state index in [1.807, 2.05) is 69.3 Å². The zero-order valence-electron chi connectivity index (χ0n) is 27.1. The number of nitrogens with zero attached hydrogens (tertiary/aromatic N) is 1. The smallest absolute Gasteiger partial charge is 0.323 e. The molecule has 0 aromatic heterocycles. The van der Waals surface area contributed by atoms with Gasteiger partial charge in [0.15, 0.2) is 6.29 Å². The van der Waals surface area contributed by atoms with E-state index in [1.54, 1.807) is 0 Å². The van der Waals surface area contributed by atoms with Gasteiger partial charge in [-0.15, -0.1) is 0 Å². The summed E-state index contributed by atoms with van der Waals surface area (Å²) in [5.74, 6) is -0.313. The summed E-state index contributed by atoms with van der Waals surface area (Å²) in [5, 5.41) is 15.3. The van der Waals surface area contributed by atoms with Crippen LogP contribution in [0.1, 0.15) is 102 Å². The molecule has 2 aliphatic rings. The molecule has 4 atom stereocenters. The fraction of sp³-hybridized carbons (Fsp3) is 0.571. The van der Waals surface area contributed by atoms with E-state index in [1.165, 1.54) is 6.92 Å². The second-order valence-electron chi connectivity index (χ2n) is 13.0. The Morgan fingerprint density at radius 2 is 1.80 bits per heavy atom. The first-order chi connectivity index (χ1) is 21.5. The molecule has 0 radical (unpaired) electrons. The normalized spacial score (nSPS) is 22.2. The predicted molar refractivity (Wildman–Crippen MR) is 171 cm³/mol. The van der Waals surface area contributed by atoms with E-state index in [9.17, 15) is 19.5 Å². The second kappa shape index (κ2) is 16.3. The van der Waals surface area contributed by atoms with E-state index < -0.39 is 11.9 Å². The summed E-state index contributed by atoms with van der Waals surface area (Å²) in [6.45, 7) is 9.09. The van der Waals surface area contributed by atoms with E-state index >= 15 is 0 Å². The molecule has 10 nitrogen and oxygen atoms in total. The SMILES string of the molecule is CC(=O)NCCCCCC(=O)Nc1cccc([C@@H]2O[C@H](CN3CCC[C@H]3C(=O)OC(C)(C)C)C[C@H](c3ccc(CO)cc3)O2)c1. The summed E-state index contributed by atoms with van der Waals surface area (Å²) in [4.78, 5) is 38.8. The molecule has 0 aliphatic carbocycles. The fourth-order valence-corrected chi connectivity index (χ4v) is 5.81. The number of aliphatic hydroxyl groups excluding tert-OH is 1. The van der Waals surface area contributed by atoms with Gasteiger partial charge in [0.05, 0.1) is 18.8 Å². The minimum absolute atomic E-state index is 0.0310. The zero-order chi connectivity index (χ0) is 32.4. The fourth-order valence-electron chi connectivity index (χ4n) is 5.81. The Bertz CT molecular complexity index is 1280. The summed E-state index contributed by atoms with van der Waals surface area (Å²) < 4.78 is 18.8. The maximum absolute atomic E-state index is 13.0. The third kappa shape index (κ3) is 10.9. The highest BCUT2D eigenvalue weighted by Gasteiger charge is 2.39. The predicted octanol–water partition coefficient (Wildman–Crippen LogP) is 5.17. The number of carbonyl (C=O) groups excluding carboxylic acids is 3. The average molecular weight is 624 g/mol. The largest absolute Gasteiger partial charge is 0.459 e. The van der Waals surface area contributed by atoms with Gasteiger partial charge < -0.3 is 30.0 Å². The minimum atomic E-state index is -0.681. The summed E-state index contributed by atoms with van der Waals surface area (Å²) in [6.07, 6.45) is 3.92. The number of unbranched alkanes of at least 4 members (excludes halogenated alkanes) is 2. The van der Waals surface area contributed by atoms with Crippen LogP contribution in [0.15, 0.2) is 48.5 Å². The van der Waals surface area contributed by atoms with E-state index in [-0.39, 0.29) is 42.6 Å². The third-order valence-electron chi connectivity index (χ3n) is 7.99. The van der Waals surface area contributed by atoms with Crippen LogP contribution in [0.2, 0.25) is 0 Å². The first-order valence-corrected chi connectivity index (χ1v) is 16.1. The van der Waals surface area contributed by atoms with Gasteiger partial charge in [-0.2, -0.15) is 0 Å². The molecule has 2 aromatic carbocycles. The Morgan fingerprint density at radius 1 is 1.02 bits per heavy atom. The molecule has 0 saturated carbocycles. The van der Waals surface area contributed by atoms with Gasteiger partial charge in [-0.1, -0.05) is 42.8 Å². The molecule has 246 valence electrons. The molecule has 0 bridgehead atoms. The van der Waals surface area contributed by atoms with Gasteiger partial charge in [0.25, 0.3) is 0 Å². The lowest BCUT2D eigenvalue weighted by Crippen LogP contribution is -2.45. The van der Waals surface area contributed by atoms with Crippen LogP contribution >= 0.6 is 0 Å². The highest BCUT2D eigenvalue weighted by molar-refractivity contribution is 5.90. The number of nitrogens with one attached hydrogen (secondary N) is 2. The number of likely N-dealkylation sites (tertiary alicyclic amines) is 1. The van der Waals surface area contributed by atoms with Crippen LogP contribution in [0.5, 0.6) is 0 Å². The monoisotopic (exact) mass is 623 g/mol. The molecule has 2 heterocycles. The number of anilines is 1. The van der Waals surface area contributed by atoms with Crippen molar-refractivity contribution in [2.45, 2.75) is 109 Å². The van der Waals surface area contributed by atoms with Gasteiger partial charge in [0.2, 0.25) is 11.8 Å². The van der Waals surface area contributed by atoms with Gasteiger partial charge in [-0.05, 0) is 76.3 Å². The summed E-state index contributed by atoms with van der Waals surface area (Å²) in [5.41, 5.74) is 2.71. The highest BCUT2D eigenvalue weighted by atomic mass is 16.7. The summed E-state index contributed by atoms with van der Waals surface area (Å²) in [7, 11) is 0. The Labute approximate surface area is 266 Å². The topological polar surface area (TPSA) is 126 Å². The standard InChI is InChI=1S/C35H49N3O7/c1-24(40)36-18-7-5-6-13-32(41)37-28-11-8-10-27(20-28)34-43-29(21-31(44-34)26-16-14-25(23-39)15-17-26)22-38-19-9-12-30(38)33(42)45-35(2,3)4/h8,10-11,14-17,20,29-31,34,39H,5-7,9,12-13,18-19,21-23H2,1-4H3,(H,36,40)(H,37,41)/t29-,30-,31+,34+/m0/s1. The molecule has 2 amide bonds. The van der Waals surface area contributed by atoms with Crippen molar-refractivity contribution in [3.63, 3.8) is 0 Å². The van der Waals surface area contributed by atoms with Crippen LogP contribution in [0.25, 0.3) is 0 Å². The van der Waals surface area contributed by atoms with E-state index in [0.717, 1.165) is 55.3 Å². The molecule has 4 rings (SSSR count). The lowest BCUT2D eigenvalue weighted by molar-refractivity contribution is -0.253. The second-order valence-corrected chi connectivity index (χ2v) is 13.0. The Hall–Kier alpha value is -3.31. The molecule has 2 aromatic rings. The molecule has 2 saturated heterocycles. The number of esters is 1. The zero-order valence-corrected chi connectivity index (χ0v) is 27.1. The minimum Gasteiger partial charge on any atom is -0.459 e. The first kappa shape index (κ1) is 34.6. The quantitative estimate of drug-likeness (QED) is 0.206. The van der Waals surface area contributed by atoms with Crippen LogP contribution < -0.4 is 10.6 Å². The molecular formula is C35H49N3O7. The van der Waals surface area contributed by atoms with Crippen molar-refractivity contribution < 1.29 is 33.7 Å². The van der Waals surface area contributed by atoms with Gasteiger partial charge >= 0.3 is 5.97 Å². The van der Waals surface area contributed by atoms with Gasteiger partial charge in [-0.3, -0.25) is 19.3 Å². The van der Waals surface area contributed by atoms with Crippen molar-refractivity contribution in [1.82, 2.24) is 10.2 Å². The van der Waals surface area contributed by atoms with Gasteiger partial charge in [-0.25, -0.2) is 0 Å². The maximum Gasteiger partial charge on any atom is 0.323 e. The van der Waals surface area contributed by atoms with Gasteiger partial charge in [0, 0.05) is 44.1 Å². The number of rotatable bonds is 13. The number of carbonyl (C=O) groups is 3. The molecule has 2 aliphatic heterocycles. The van der Waals surface area contributed by atoms with Gasteiger partial charge in [0.1, 0.15) is 11.6 Å². The van der Waals surface area contributed by atoms with Crippen molar-refractivity contribution in [3.8, 4) is 0 Å². The van der Waals surface area contributed by atoms with E-state index in [4.69, 9.17) is 14.2 Å². The van der Waals surface area contributed by atoms with Crippen molar-refractivity contribution in [3.05, 3.63) is 65.2 Å². The number of hydrogen-bond acceptors (Lipinski definition) is 8. The molecule has 3 N–H and O–H groups in total. The Balaban J connectivity index is 1.44. The van der Waals surface area contributed by atoms with E-state index in [0.29, 0.717) is 31.6 Å². The number of benzene rings is 2. The van der Waals surface area contributed by atoms with Crippen LogP contribution in [-0.4, -0.2) is 65.2 Å². The van der Waals surface area contributed by atoms with E-state index in [2.05, 4.69) is 15.5 Å². The van der Waals surface area contributed by atoms with Crippen molar-refractivity contribution in [2.24, 2.45) is 0 Å². The first-order valence-electron chi connectivity index (χ1n) is 16.1. The molecule has 0 spiro atoms. The molecule has 0 unspecified atom stereocenters.